The first-order valence-electron chi connectivity index (χ1n) is 6.76. The van der Waals surface area contributed by atoms with Gasteiger partial charge < -0.3 is 9.84 Å². The Labute approximate surface area is 132 Å². The van der Waals surface area contributed by atoms with Crippen molar-refractivity contribution in [3.05, 3.63) is 23.4 Å². The fourth-order valence-electron chi connectivity index (χ4n) is 1.68. The van der Waals surface area contributed by atoms with Gasteiger partial charge in [-0.2, -0.15) is 4.98 Å². The molecule has 7 nitrogen and oxygen atoms in total. The maximum Gasteiger partial charge on any atom is 0.242 e. The van der Waals surface area contributed by atoms with Crippen molar-refractivity contribution in [3.63, 3.8) is 0 Å². The van der Waals surface area contributed by atoms with Gasteiger partial charge in [-0.15, -0.1) is 11.3 Å². The van der Waals surface area contributed by atoms with Crippen molar-refractivity contribution < 1.29 is 17.7 Å². The third-order valence-corrected chi connectivity index (χ3v) is 5.18. The Morgan fingerprint density at radius 1 is 1.50 bits per heavy atom. The van der Waals surface area contributed by atoms with E-state index in [9.17, 15) is 13.2 Å². The molecule has 2 heterocycles. The van der Waals surface area contributed by atoms with Gasteiger partial charge in [0.2, 0.25) is 17.6 Å². The highest BCUT2D eigenvalue weighted by molar-refractivity contribution is 7.91. The number of aromatic nitrogens is 2. The maximum absolute atomic E-state index is 12.0. The summed E-state index contributed by atoms with van der Waals surface area (Å²) in [6.07, 6.45) is 0.736. The fraction of sp³-hybridized carbons (Fsp3) is 0.462. The Morgan fingerprint density at radius 3 is 2.91 bits per heavy atom. The summed E-state index contributed by atoms with van der Waals surface area (Å²) in [7, 11) is -3.65. The Kier molecular flexibility index (Phi) is 5.30. The SMILES string of the molecule is CCC(C)NC(=O)CS(=O)(=O)Cc1nc(-c2cccs2)no1. The van der Waals surface area contributed by atoms with Crippen LogP contribution in [0.3, 0.4) is 0 Å². The monoisotopic (exact) mass is 343 g/mol. The van der Waals surface area contributed by atoms with E-state index in [1.54, 1.807) is 0 Å². The Bertz CT molecular complexity index is 722. The van der Waals surface area contributed by atoms with E-state index in [0.29, 0.717) is 5.82 Å². The summed E-state index contributed by atoms with van der Waals surface area (Å²) in [6, 6.07) is 3.59. The smallest absolute Gasteiger partial charge is 0.242 e. The fourth-order valence-corrected chi connectivity index (χ4v) is 3.40. The summed E-state index contributed by atoms with van der Waals surface area (Å²) < 4.78 is 28.9. The van der Waals surface area contributed by atoms with Crippen molar-refractivity contribution in [2.24, 2.45) is 0 Å². The van der Waals surface area contributed by atoms with E-state index in [4.69, 9.17) is 4.52 Å². The second-order valence-electron chi connectivity index (χ2n) is 4.90. The number of carbonyl (C=O) groups excluding carboxylic acids is 1. The van der Waals surface area contributed by atoms with Crippen LogP contribution in [0.5, 0.6) is 0 Å². The molecule has 2 rings (SSSR count). The van der Waals surface area contributed by atoms with E-state index in [1.165, 1.54) is 11.3 Å². The van der Waals surface area contributed by atoms with Crippen molar-refractivity contribution in [1.29, 1.82) is 0 Å². The lowest BCUT2D eigenvalue weighted by molar-refractivity contribution is -0.119. The first-order valence-corrected chi connectivity index (χ1v) is 9.46. The summed E-state index contributed by atoms with van der Waals surface area (Å²) >= 11 is 1.43. The summed E-state index contributed by atoms with van der Waals surface area (Å²) in [5.74, 6) is -1.22. The highest BCUT2D eigenvalue weighted by Gasteiger charge is 2.22. The van der Waals surface area contributed by atoms with Crippen LogP contribution in [0.15, 0.2) is 22.0 Å². The molecule has 2 aromatic heterocycles. The molecule has 1 amide bonds. The van der Waals surface area contributed by atoms with E-state index >= 15 is 0 Å². The van der Waals surface area contributed by atoms with Crippen LogP contribution in [0.25, 0.3) is 10.7 Å². The number of rotatable bonds is 7. The lowest BCUT2D eigenvalue weighted by Crippen LogP contribution is -2.36. The summed E-state index contributed by atoms with van der Waals surface area (Å²) in [5.41, 5.74) is 0. The van der Waals surface area contributed by atoms with Crippen molar-refractivity contribution in [2.45, 2.75) is 32.1 Å². The first kappa shape index (κ1) is 16.6. The van der Waals surface area contributed by atoms with E-state index in [0.717, 1.165) is 11.3 Å². The molecule has 0 aliphatic heterocycles. The van der Waals surface area contributed by atoms with Crippen LogP contribution >= 0.6 is 11.3 Å². The summed E-state index contributed by atoms with van der Waals surface area (Å²) in [6.45, 7) is 3.72. The number of thiophene rings is 1. The summed E-state index contributed by atoms with van der Waals surface area (Å²) in [5, 5.41) is 8.22. The lowest BCUT2D eigenvalue weighted by atomic mass is 10.3. The number of hydrogen-bond acceptors (Lipinski definition) is 7. The van der Waals surface area contributed by atoms with Gasteiger partial charge in [0.05, 0.1) is 4.88 Å². The molecular weight excluding hydrogens is 326 g/mol. The standard InChI is InChI=1S/C13H17N3O4S2/c1-3-9(2)14-11(17)7-22(18,19)8-12-15-13(16-20-12)10-5-4-6-21-10/h4-6,9H,3,7-8H2,1-2H3,(H,14,17). The molecule has 1 N–H and O–H groups in total. The molecule has 0 aliphatic carbocycles. The third kappa shape index (κ3) is 4.63. The van der Waals surface area contributed by atoms with Crippen molar-refractivity contribution in [2.75, 3.05) is 5.75 Å². The number of nitrogens with one attached hydrogen (secondary N) is 1. The van der Waals surface area contributed by atoms with Crippen LogP contribution in [0.1, 0.15) is 26.2 Å². The molecule has 0 saturated carbocycles. The molecule has 0 aliphatic rings. The second kappa shape index (κ2) is 7.01. The molecule has 0 aromatic carbocycles. The molecule has 0 radical (unpaired) electrons. The van der Waals surface area contributed by atoms with Crippen LogP contribution in [-0.2, 0) is 20.4 Å². The van der Waals surface area contributed by atoms with Gasteiger partial charge in [-0.25, -0.2) is 8.42 Å². The van der Waals surface area contributed by atoms with Gasteiger partial charge in [0.1, 0.15) is 11.5 Å². The van der Waals surface area contributed by atoms with Crippen LogP contribution < -0.4 is 5.32 Å². The van der Waals surface area contributed by atoms with Gasteiger partial charge in [-0.1, -0.05) is 18.1 Å². The first-order chi connectivity index (χ1) is 10.4. The molecule has 2 aromatic rings. The molecule has 0 spiro atoms. The van der Waals surface area contributed by atoms with Gasteiger partial charge in [0, 0.05) is 6.04 Å². The topological polar surface area (TPSA) is 102 Å². The number of nitrogens with zero attached hydrogens (tertiary/aromatic N) is 2. The van der Waals surface area contributed by atoms with Gasteiger partial charge >= 0.3 is 0 Å². The van der Waals surface area contributed by atoms with Crippen molar-refractivity contribution in [3.8, 4) is 10.7 Å². The minimum Gasteiger partial charge on any atom is -0.353 e. The predicted octanol–water partition coefficient (Wildman–Crippen LogP) is 1.63. The number of hydrogen-bond donors (Lipinski definition) is 1. The molecular formula is C13H17N3O4S2. The van der Waals surface area contributed by atoms with E-state index in [2.05, 4.69) is 15.5 Å². The van der Waals surface area contributed by atoms with Crippen LogP contribution in [-0.4, -0.2) is 36.3 Å². The Morgan fingerprint density at radius 2 is 2.27 bits per heavy atom. The summed E-state index contributed by atoms with van der Waals surface area (Å²) in [4.78, 5) is 16.5. The Balaban J connectivity index is 1.99. The van der Waals surface area contributed by atoms with Crippen LogP contribution in [0.2, 0.25) is 0 Å². The average Bonchev–Trinajstić information content (AvgIpc) is 3.07. The quantitative estimate of drug-likeness (QED) is 0.820. The van der Waals surface area contributed by atoms with E-state index in [1.807, 2.05) is 31.4 Å². The molecule has 9 heteroatoms. The molecule has 0 saturated heterocycles. The number of sulfone groups is 1. The molecule has 1 atom stereocenters. The third-order valence-electron chi connectivity index (χ3n) is 2.92. The number of amides is 1. The molecule has 0 bridgehead atoms. The van der Waals surface area contributed by atoms with Gasteiger partial charge in [-0.3, -0.25) is 4.79 Å². The van der Waals surface area contributed by atoms with Gasteiger partial charge in [0.15, 0.2) is 9.84 Å². The molecule has 120 valence electrons. The highest BCUT2D eigenvalue weighted by atomic mass is 32.2. The largest absolute Gasteiger partial charge is 0.353 e. The van der Waals surface area contributed by atoms with Gasteiger partial charge in [0.25, 0.3) is 0 Å². The van der Waals surface area contributed by atoms with Crippen LogP contribution in [0.4, 0.5) is 0 Å². The second-order valence-corrected chi connectivity index (χ2v) is 7.91. The normalized spacial score (nSPS) is 13.0. The Hall–Kier alpha value is -1.74. The van der Waals surface area contributed by atoms with E-state index < -0.39 is 27.3 Å². The molecule has 22 heavy (non-hydrogen) atoms. The van der Waals surface area contributed by atoms with E-state index in [-0.39, 0.29) is 11.9 Å². The zero-order chi connectivity index (χ0) is 16.2. The molecule has 1 unspecified atom stereocenters. The predicted molar refractivity (Wildman–Crippen MR) is 83.0 cm³/mol. The lowest BCUT2D eigenvalue weighted by Gasteiger charge is -2.10. The van der Waals surface area contributed by atoms with Crippen LogP contribution in [0, 0.1) is 0 Å². The average molecular weight is 343 g/mol. The zero-order valence-corrected chi connectivity index (χ0v) is 13.9. The molecule has 0 fully saturated rings. The minimum absolute atomic E-state index is 0.0141. The van der Waals surface area contributed by atoms with Crippen molar-refractivity contribution >= 4 is 27.1 Å². The maximum atomic E-state index is 12.0. The van der Waals surface area contributed by atoms with Gasteiger partial charge in [-0.05, 0) is 24.8 Å². The zero-order valence-electron chi connectivity index (χ0n) is 12.3. The number of carbonyl (C=O) groups is 1. The minimum atomic E-state index is -3.65. The highest BCUT2D eigenvalue weighted by Crippen LogP contribution is 2.21. The van der Waals surface area contributed by atoms with Crippen molar-refractivity contribution in [1.82, 2.24) is 15.5 Å².